The molecule has 18 heavy (non-hydrogen) atoms. The van der Waals surface area contributed by atoms with Gasteiger partial charge in [0.25, 0.3) is 0 Å². The van der Waals surface area contributed by atoms with E-state index in [2.05, 4.69) is 14.6 Å². The predicted octanol–water partition coefficient (Wildman–Crippen LogP) is 1.46. The Morgan fingerprint density at radius 1 is 1.50 bits per heavy atom. The standard InChI is InChI=1S/C11H21N3O2S2/c1-9-6-17-10(13-9)14(4)8-11(2,3)7-12-18(5,15)16/h6,12H,7-8H2,1-5H3. The fourth-order valence-electron chi connectivity index (χ4n) is 1.61. The second-order valence-electron chi connectivity index (χ2n) is 5.39. The highest BCUT2D eigenvalue weighted by Gasteiger charge is 2.22. The van der Waals surface area contributed by atoms with Crippen molar-refractivity contribution in [1.29, 1.82) is 0 Å². The van der Waals surface area contributed by atoms with Crippen LogP contribution in [0.25, 0.3) is 0 Å². The predicted molar refractivity (Wildman–Crippen MR) is 76.7 cm³/mol. The first kappa shape index (κ1) is 15.4. The first-order valence-corrected chi connectivity index (χ1v) is 8.44. The third kappa shape index (κ3) is 5.32. The molecule has 0 aliphatic heterocycles. The quantitative estimate of drug-likeness (QED) is 0.862. The number of rotatable bonds is 6. The van der Waals surface area contributed by atoms with Gasteiger partial charge >= 0.3 is 0 Å². The molecule has 0 radical (unpaired) electrons. The molecular formula is C11H21N3O2S2. The van der Waals surface area contributed by atoms with Crippen LogP contribution in [0.5, 0.6) is 0 Å². The molecule has 0 unspecified atom stereocenters. The van der Waals surface area contributed by atoms with Crippen molar-refractivity contribution >= 4 is 26.5 Å². The van der Waals surface area contributed by atoms with Gasteiger partial charge in [-0.2, -0.15) is 0 Å². The van der Waals surface area contributed by atoms with Crippen LogP contribution in [0.15, 0.2) is 5.38 Å². The molecule has 1 heterocycles. The summed E-state index contributed by atoms with van der Waals surface area (Å²) in [5, 5.41) is 2.97. The lowest BCUT2D eigenvalue weighted by Gasteiger charge is -2.30. The molecule has 1 rings (SSSR count). The SMILES string of the molecule is Cc1csc(N(C)CC(C)(C)CNS(C)(=O)=O)n1. The van der Waals surface area contributed by atoms with Gasteiger partial charge in [0, 0.05) is 25.5 Å². The van der Waals surface area contributed by atoms with E-state index in [-0.39, 0.29) is 5.41 Å². The van der Waals surface area contributed by atoms with E-state index in [1.54, 1.807) is 11.3 Å². The first-order valence-electron chi connectivity index (χ1n) is 5.67. The van der Waals surface area contributed by atoms with E-state index in [1.807, 2.05) is 33.2 Å². The van der Waals surface area contributed by atoms with Crippen LogP contribution in [0.3, 0.4) is 0 Å². The van der Waals surface area contributed by atoms with Gasteiger partial charge in [0.05, 0.1) is 11.9 Å². The van der Waals surface area contributed by atoms with Crippen LogP contribution in [-0.4, -0.2) is 39.8 Å². The summed E-state index contributed by atoms with van der Waals surface area (Å²) in [6, 6.07) is 0. The minimum atomic E-state index is -3.14. The normalized spacial score (nSPS) is 12.7. The van der Waals surface area contributed by atoms with Gasteiger partial charge in [-0.15, -0.1) is 11.3 Å². The molecule has 0 saturated carbocycles. The lowest BCUT2D eigenvalue weighted by atomic mass is 9.93. The van der Waals surface area contributed by atoms with Crippen LogP contribution in [0, 0.1) is 12.3 Å². The van der Waals surface area contributed by atoms with Crippen LogP contribution in [-0.2, 0) is 10.0 Å². The minimum Gasteiger partial charge on any atom is -0.351 e. The van der Waals surface area contributed by atoms with Crippen LogP contribution in [0.2, 0.25) is 0 Å². The highest BCUT2D eigenvalue weighted by atomic mass is 32.2. The van der Waals surface area contributed by atoms with E-state index in [1.165, 1.54) is 6.26 Å². The van der Waals surface area contributed by atoms with Gasteiger partial charge in [-0.25, -0.2) is 18.1 Å². The Balaban J connectivity index is 2.59. The second kappa shape index (κ2) is 5.54. The maximum atomic E-state index is 11.1. The first-order chi connectivity index (χ1) is 8.09. The zero-order valence-corrected chi connectivity index (χ0v) is 13.2. The van der Waals surface area contributed by atoms with Crippen molar-refractivity contribution in [2.45, 2.75) is 20.8 Å². The summed E-state index contributed by atoms with van der Waals surface area (Å²) in [5.41, 5.74) is 0.853. The molecule has 5 nitrogen and oxygen atoms in total. The van der Waals surface area contributed by atoms with Gasteiger partial charge in [0.15, 0.2) is 5.13 Å². The Morgan fingerprint density at radius 2 is 2.11 bits per heavy atom. The molecule has 0 aliphatic carbocycles. The molecule has 104 valence electrons. The summed E-state index contributed by atoms with van der Waals surface area (Å²) >= 11 is 1.60. The van der Waals surface area contributed by atoms with Gasteiger partial charge < -0.3 is 4.90 Å². The number of thiazole rings is 1. The number of nitrogens with zero attached hydrogens (tertiary/aromatic N) is 2. The topological polar surface area (TPSA) is 62.3 Å². The lowest BCUT2D eigenvalue weighted by molar-refractivity contribution is 0.369. The molecule has 0 spiro atoms. The summed E-state index contributed by atoms with van der Waals surface area (Å²) in [6.07, 6.45) is 1.18. The summed E-state index contributed by atoms with van der Waals surface area (Å²) in [5.74, 6) is 0. The monoisotopic (exact) mass is 291 g/mol. The average Bonchev–Trinajstić information content (AvgIpc) is 2.61. The lowest BCUT2D eigenvalue weighted by Crippen LogP contribution is -2.40. The third-order valence-corrected chi connectivity index (χ3v) is 4.15. The highest BCUT2D eigenvalue weighted by molar-refractivity contribution is 7.88. The number of nitrogens with one attached hydrogen (secondary N) is 1. The van der Waals surface area contributed by atoms with E-state index >= 15 is 0 Å². The second-order valence-corrected chi connectivity index (χ2v) is 8.05. The van der Waals surface area contributed by atoms with Gasteiger partial charge in [-0.1, -0.05) is 13.8 Å². The summed E-state index contributed by atoms with van der Waals surface area (Å²) < 4.78 is 24.8. The number of anilines is 1. The fourth-order valence-corrected chi connectivity index (χ4v) is 3.03. The number of aromatic nitrogens is 1. The number of hydrogen-bond donors (Lipinski definition) is 1. The van der Waals surface area contributed by atoms with Crippen LogP contribution >= 0.6 is 11.3 Å². The fraction of sp³-hybridized carbons (Fsp3) is 0.727. The van der Waals surface area contributed by atoms with Gasteiger partial charge in [-0.05, 0) is 12.3 Å². The van der Waals surface area contributed by atoms with E-state index in [0.29, 0.717) is 6.54 Å². The molecular weight excluding hydrogens is 270 g/mol. The largest absolute Gasteiger partial charge is 0.351 e. The third-order valence-electron chi connectivity index (χ3n) is 2.41. The Hall–Kier alpha value is -0.660. The van der Waals surface area contributed by atoms with Gasteiger partial charge in [0.1, 0.15) is 0 Å². The summed E-state index contributed by atoms with van der Waals surface area (Å²) in [7, 11) is -1.16. The van der Waals surface area contributed by atoms with Crippen LogP contribution in [0.4, 0.5) is 5.13 Å². The molecule has 0 aliphatic rings. The van der Waals surface area contributed by atoms with E-state index in [9.17, 15) is 8.42 Å². The number of hydrogen-bond acceptors (Lipinski definition) is 5. The van der Waals surface area contributed by atoms with Crippen molar-refractivity contribution in [2.75, 3.05) is 31.3 Å². The zero-order chi connectivity index (χ0) is 14.0. The van der Waals surface area contributed by atoms with Crippen molar-refractivity contribution in [1.82, 2.24) is 9.71 Å². The van der Waals surface area contributed by atoms with Crippen molar-refractivity contribution in [2.24, 2.45) is 5.41 Å². The summed E-state index contributed by atoms with van der Waals surface area (Å²) in [4.78, 5) is 6.47. The molecule has 1 N–H and O–H groups in total. The van der Waals surface area contributed by atoms with Gasteiger partial charge in [-0.3, -0.25) is 0 Å². The highest BCUT2D eigenvalue weighted by Crippen LogP contribution is 2.23. The maximum absolute atomic E-state index is 11.1. The molecule has 0 amide bonds. The minimum absolute atomic E-state index is 0.155. The van der Waals surface area contributed by atoms with E-state index < -0.39 is 10.0 Å². The Morgan fingerprint density at radius 3 is 2.56 bits per heavy atom. The van der Waals surface area contributed by atoms with Crippen LogP contribution in [0.1, 0.15) is 19.5 Å². The van der Waals surface area contributed by atoms with E-state index in [4.69, 9.17) is 0 Å². The molecule has 1 aromatic rings. The molecule has 7 heteroatoms. The molecule has 0 saturated heterocycles. The zero-order valence-electron chi connectivity index (χ0n) is 11.5. The molecule has 0 fully saturated rings. The van der Waals surface area contributed by atoms with Crippen LogP contribution < -0.4 is 9.62 Å². The van der Waals surface area contributed by atoms with Crippen molar-refractivity contribution in [3.8, 4) is 0 Å². The molecule has 0 atom stereocenters. The van der Waals surface area contributed by atoms with Crippen molar-refractivity contribution in [3.63, 3.8) is 0 Å². The van der Waals surface area contributed by atoms with E-state index in [0.717, 1.165) is 17.4 Å². The Labute approximate surface area is 113 Å². The average molecular weight is 291 g/mol. The number of sulfonamides is 1. The molecule has 1 aromatic heterocycles. The smallest absolute Gasteiger partial charge is 0.208 e. The number of aryl methyl sites for hydroxylation is 1. The Bertz CT molecular complexity index is 494. The van der Waals surface area contributed by atoms with Gasteiger partial charge in [0.2, 0.25) is 10.0 Å². The summed E-state index contributed by atoms with van der Waals surface area (Å²) in [6.45, 7) is 7.18. The van der Waals surface area contributed by atoms with Crippen molar-refractivity contribution < 1.29 is 8.42 Å². The molecule has 0 aromatic carbocycles. The van der Waals surface area contributed by atoms with Crippen molar-refractivity contribution in [3.05, 3.63) is 11.1 Å². The molecule has 0 bridgehead atoms. The maximum Gasteiger partial charge on any atom is 0.208 e. The Kier molecular flexibility index (Phi) is 4.74.